The van der Waals surface area contributed by atoms with E-state index >= 15 is 0 Å². The number of amides is 1. The second kappa shape index (κ2) is 7.53. The molecule has 1 amide bonds. The number of fused-ring (bicyclic) bond motifs is 1. The van der Waals surface area contributed by atoms with Gasteiger partial charge in [-0.15, -0.1) is 0 Å². The molecule has 1 fully saturated rings. The minimum Gasteiger partial charge on any atom is -0.486 e. The summed E-state index contributed by atoms with van der Waals surface area (Å²) in [7, 11) is 0. The van der Waals surface area contributed by atoms with Crippen LogP contribution in [0.4, 0.5) is 0 Å². The molecular formula is C17H21NO6. The van der Waals surface area contributed by atoms with E-state index in [9.17, 15) is 9.59 Å². The number of carboxylic acids is 1. The van der Waals surface area contributed by atoms with Gasteiger partial charge in [0, 0.05) is 19.3 Å². The number of carbonyl (C=O) groups excluding carboxylic acids is 1. The lowest BCUT2D eigenvalue weighted by atomic mass is 10.0. The zero-order valence-electron chi connectivity index (χ0n) is 13.4. The number of nitrogens with zero attached hydrogens (tertiary/aromatic N) is 1. The van der Waals surface area contributed by atoms with Gasteiger partial charge in [-0.2, -0.15) is 0 Å². The molecule has 0 aromatic heterocycles. The maximum atomic E-state index is 12.7. The van der Waals surface area contributed by atoms with Crippen LogP contribution < -0.4 is 9.47 Å². The molecule has 7 heteroatoms. The fourth-order valence-electron chi connectivity index (χ4n) is 3.04. The Bertz CT molecular complexity index is 611. The Morgan fingerprint density at radius 3 is 2.50 bits per heavy atom. The molecule has 1 aromatic rings. The lowest BCUT2D eigenvalue weighted by Crippen LogP contribution is -2.46. The van der Waals surface area contributed by atoms with Gasteiger partial charge in [-0.1, -0.05) is 6.07 Å². The van der Waals surface area contributed by atoms with Crippen molar-refractivity contribution in [3.63, 3.8) is 0 Å². The van der Waals surface area contributed by atoms with Gasteiger partial charge in [0.05, 0.1) is 6.42 Å². The molecule has 0 spiro atoms. The van der Waals surface area contributed by atoms with E-state index in [0.29, 0.717) is 50.8 Å². The van der Waals surface area contributed by atoms with Gasteiger partial charge < -0.3 is 24.2 Å². The van der Waals surface area contributed by atoms with E-state index in [1.54, 1.807) is 12.1 Å². The Kier molecular flexibility index (Phi) is 5.20. The number of aliphatic carboxylic acids is 1. The average molecular weight is 335 g/mol. The zero-order valence-corrected chi connectivity index (χ0v) is 13.4. The standard InChI is InChI=1S/C17H21NO6/c19-16(18(11-17(20)21)13-3-5-22-6-4-13)10-12-1-2-14-15(9-12)24-8-7-23-14/h1-2,9,13H,3-8,10-11H2,(H,20,21). The Morgan fingerprint density at radius 1 is 1.08 bits per heavy atom. The van der Waals surface area contributed by atoms with Crippen molar-refractivity contribution >= 4 is 11.9 Å². The number of benzene rings is 1. The molecule has 1 aromatic carbocycles. The smallest absolute Gasteiger partial charge is 0.323 e. The summed E-state index contributed by atoms with van der Waals surface area (Å²) in [5, 5.41) is 9.13. The molecule has 0 atom stereocenters. The highest BCUT2D eigenvalue weighted by Crippen LogP contribution is 2.31. The highest BCUT2D eigenvalue weighted by molar-refractivity contribution is 5.83. The number of rotatable bonds is 5. The Balaban J connectivity index is 1.71. The van der Waals surface area contributed by atoms with Gasteiger partial charge in [0.25, 0.3) is 0 Å². The van der Waals surface area contributed by atoms with Crippen LogP contribution in [0, 0.1) is 0 Å². The van der Waals surface area contributed by atoms with E-state index in [1.165, 1.54) is 4.90 Å². The maximum Gasteiger partial charge on any atom is 0.323 e. The normalized spacial score (nSPS) is 17.3. The number of ether oxygens (including phenoxy) is 3. The average Bonchev–Trinajstić information content (AvgIpc) is 2.60. The summed E-state index contributed by atoms with van der Waals surface area (Å²) in [6.07, 6.45) is 1.47. The number of carbonyl (C=O) groups is 2. The zero-order chi connectivity index (χ0) is 16.9. The first-order chi connectivity index (χ1) is 11.6. The molecule has 7 nitrogen and oxygen atoms in total. The molecule has 0 aliphatic carbocycles. The van der Waals surface area contributed by atoms with Crippen molar-refractivity contribution in [2.24, 2.45) is 0 Å². The van der Waals surface area contributed by atoms with Crippen LogP contribution in [0.1, 0.15) is 18.4 Å². The number of hydrogen-bond acceptors (Lipinski definition) is 5. The van der Waals surface area contributed by atoms with Crippen LogP contribution >= 0.6 is 0 Å². The third-order valence-corrected chi connectivity index (χ3v) is 4.22. The maximum absolute atomic E-state index is 12.7. The van der Waals surface area contributed by atoms with E-state index in [1.807, 2.05) is 6.07 Å². The van der Waals surface area contributed by atoms with Crippen molar-refractivity contribution in [3.05, 3.63) is 23.8 Å². The largest absolute Gasteiger partial charge is 0.486 e. The molecule has 0 radical (unpaired) electrons. The quantitative estimate of drug-likeness (QED) is 0.867. The molecule has 0 bridgehead atoms. The summed E-state index contributed by atoms with van der Waals surface area (Å²) < 4.78 is 16.3. The fraction of sp³-hybridized carbons (Fsp3) is 0.529. The predicted molar refractivity (Wildman–Crippen MR) is 84.3 cm³/mol. The molecule has 130 valence electrons. The van der Waals surface area contributed by atoms with Crippen molar-refractivity contribution in [1.82, 2.24) is 4.90 Å². The third-order valence-electron chi connectivity index (χ3n) is 4.22. The van der Waals surface area contributed by atoms with Gasteiger partial charge in [0.2, 0.25) is 5.91 Å². The number of hydrogen-bond donors (Lipinski definition) is 1. The van der Waals surface area contributed by atoms with Crippen molar-refractivity contribution < 1.29 is 28.9 Å². The van der Waals surface area contributed by atoms with Crippen LogP contribution in [0.15, 0.2) is 18.2 Å². The van der Waals surface area contributed by atoms with Gasteiger partial charge in [0.15, 0.2) is 11.5 Å². The van der Waals surface area contributed by atoms with Crippen LogP contribution in [0.5, 0.6) is 11.5 Å². The summed E-state index contributed by atoms with van der Waals surface area (Å²) in [6.45, 7) is 1.82. The summed E-state index contributed by atoms with van der Waals surface area (Å²) in [5.74, 6) is 0.102. The van der Waals surface area contributed by atoms with Gasteiger partial charge in [-0.05, 0) is 30.5 Å². The molecule has 2 heterocycles. The first-order valence-electron chi connectivity index (χ1n) is 8.11. The minimum absolute atomic E-state index is 0.0837. The first-order valence-corrected chi connectivity index (χ1v) is 8.11. The Hall–Kier alpha value is -2.28. The highest BCUT2D eigenvalue weighted by Gasteiger charge is 2.27. The Morgan fingerprint density at radius 2 is 1.79 bits per heavy atom. The van der Waals surface area contributed by atoms with Gasteiger partial charge in [0.1, 0.15) is 19.8 Å². The van der Waals surface area contributed by atoms with E-state index in [-0.39, 0.29) is 24.9 Å². The van der Waals surface area contributed by atoms with Crippen molar-refractivity contribution in [3.8, 4) is 11.5 Å². The summed E-state index contributed by atoms with van der Waals surface area (Å²) in [6, 6.07) is 5.30. The SMILES string of the molecule is O=C(O)CN(C(=O)Cc1ccc2c(c1)OCCO2)C1CCOCC1. The minimum atomic E-state index is -1.00. The molecule has 0 saturated carbocycles. The third kappa shape index (κ3) is 3.97. The van der Waals surface area contributed by atoms with Crippen LogP contribution in [0.25, 0.3) is 0 Å². The van der Waals surface area contributed by atoms with Crippen LogP contribution in [0.2, 0.25) is 0 Å². The molecular weight excluding hydrogens is 314 g/mol. The summed E-state index contributed by atoms with van der Waals surface area (Å²) >= 11 is 0. The van der Waals surface area contributed by atoms with Crippen LogP contribution in [-0.2, 0) is 20.7 Å². The van der Waals surface area contributed by atoms with Crippen molar-refractivity contribution in [2.45, 2.75) is 25.3 Å². The van der Waals surface area contributed by atoms with Gasteiger partial charge in [-0.3, -0.25) is 9.59 Å². The monoisotopic (exact) mass is 335 g/mol. The van der Waals surface area contributed by atoms with Crippen molar-refractivity contribution in [1.29, 1.82) is 0 Å². The van der Waals surface area contributed by atoms with Crippen LogP contribution in [0.3, 0.4) is 0 Å². The van der Waals surface area contributed by atoms with Crippen molar-refractivity contribution in [2.75, 3.05) is 33.0 Å². The lowest BCUT2D eigenvalue weighted by molar-refractivity contribution is -0.147. The molecule has 2 aliphatic rings. The molecule has 1 N–H and O–H groups in total. The van der Waals surface area contributed by atoms with E-state index < -0.39 is 5.97 Å². The molecule has 3 rings (SSSR count). The van der Waals surface area contributed by atoms with Crippen LogP contribution in [-0.4, -0.2) is 60.9 Å². The predicted octanol–water partition coefficient (Wildman–Crippen LogP) is 1.09. The molecule has 0 unspecified atom stereocenters. The molecule has 24 heavy (non-hydrogen) atoms. The highest BCUT2D eigenvalue weighted by atomic mass is 16.6. The van der Waals surface area contributed by atoms with E-state index in [4.69, 9.17) is 19.3 Å². The summed E-state index contributed by atoms with van der Waals surface area (Å²) in [5.41, 5.74) is 0.784. The second-order valence-electron chi connectivity index (χ2n) is 5.91. The fourth-order valence-corrected chi connectivity index (χ4v) is 3.04. The number of carboxylic acid groups (broad SMARTS) is 1. The lowest BCUT2D eigenvalue weighted by Gasteiger charge is -2.33. The van der Waals surface area contributed by atoms with Gasteiger partial charge >= 0.3 is 5.97 Å². The first kappa shape index (κ1) is 16.6. The topological polar surface area (TPSA) is 85.3 Å². The van der Waals surface area contributed by atoms with E-state index in [2.05, 4.69) is 0 Å². The Labute approximate surface area is 140 Å². The van der Waals surface area contributed by atoms with Gasteiger partial charge in [-0.25, -0.2) is 0 Å². The molecule has 1 saturated heterocycles. The second-order valence-corrected chi connectivity index (χ2v) is 5.91. The molecule has 2 aliphatic heterocycles. The summed E-state index contributed by atoms with van der Waals surface area (Å²) in [4.78, 5) is 25.3. The van der Waals surface area contributed by atoms with E-state index in [0.717, 1.165) is 5.56 Å².